The van der Waals surface area contributed by atoms with Crippen molar-refractivity contribution in [2.75, 3.05) is 28.4 Å². The number of benzene rings is 2. The molecule has 0 amide bonds. The smallest absolute Gasteiger partial charge is 0.311 e. The number of carbonyl (C=O) groups excluding carboxylic acids is 1. The molecule has 138 valence electrons. The third kappa shape index (κ3) is 3.53. The van der Waals surface area contributed by atoms with E-state index >= 15 is 0 Å². The van der Waals surface area contributed by atoms with Gasteiger partial charge in [-0.1, -0.05) is 6.07 Å². The molecule has 1 unspecified atom stereocenters. The molecule has 0 aliphatic heterocycles. The fourth-order valence-electron chi connectivity index (χ4n) is 2.67. The first-order valence-electron chi connectivity index (χ1n) is 7.58. The van der Waals surface area contributed by atoms with Gasteiger partial charge in [0.25, 0.3) is 0 Å². The number of rotatable bonds is 8. The third-order valence-electron chi connectivity index (χ3n) is 3.94. The first kappa shape index (κ1) is 19.0. The van der Waals surface area contributed by atoms with Gasteiger partial charge in [0.15, 0.2) is 17.2 Å². The molecular formula is C18H19NO7. The van der Waals surface area contributed by atoms with E-state index in [9.17, 15) is 14.9 Å². The Bertz CT molecular complexity index is 794. The summed E-state index contributed by atoms with van der Waals surface area (Å²) < 4.78 is 20.9. The van der Waals surface area contributed by atoms with E-state index in [1.54, 1.807) is 18.2 Å². The van der Waals surface area contributed by atoms with Crippen molar-refractivity contribution in [1.29, 1.82) is 0 Å². The summed E-state index contributed by atoms with van der Waals surface area (Å²) in [5.74, 6) is 0.527. The first-order chi connectivity index (χ1) is 12.5. The Morgan fingerprint density at radius 1 is 0.885 bits per heavy atom. The van der Waals surface area contributed by atoms with Gasteiger partial charge in [-0.3, -0.25) is 10.1 Å². The molecule has 0 spiro atoms. The molecule has 0 radical (unpaired) electrons. The highest BCUT2D eigenvalue weighted by atomic mass is 16.6. The van der Waals surface area contributed by atoms with Crippen molar-refractivity contribution in [3.8, 4) is 23.0 Å². The lowest BCUT2D eigenvalue weighted by Crippen LogP contribution is -2.06. The van der Waals surface area contributed by atoms with Crippen LogP contribution in [-0.2, 0) is 4.79 Å². The van der Waals surface area contributed by atoms with Gasteiger partial charge in [-0.25, -0.2) is 0 Å². The Morgan fingerprint density at radius 3 is 1.88 bits per heavy atom. The molecule has 0 saturated carbocycles. The minimum absolute atomic E-state index is 0.119. The van der Waals surface area contributed by atoms with E-state index in [1.165, 1.54) is 40.6 Å². The molecule has 0 aromatic heterocycles. The second-order valence-corrected chi connectivity index (χ2v) is 5.26. The van der Waals surface area contributed by atoms with Gasteiger partial charge >= 0.3 is 5.69 Å². The summed E-state index contributed by atoms with van der Waals surface area (Å²) in [6, 6.07) is 7.66. The molecule has 8 nitrogen and oxygen atoms in total. The summed E-state index contributed by atoms with van der Waals surface area (Å²) in [4.78, 5) is 22.5. The van der Waals surface area contributed by atoms with Crippen LogP contribution >= 0.6 is 0 Å². The Hall–Kier alpha value is -3.29. The normalized spacial score (nSPS) is 11.4. The summed E-state index contributed by atoms with van der Waals surface area (Å²) >= 11 is 0. The fraction of sp³-hybridized carbons (Fsp3) is 0.278. The molecule has 1 atom stereocenters. The van der Waals surface area contributed by atoms with Gasteiger partial charge in [-0.2, -0.15) is 0 Å². The van der Waals surface area contributed by atoms with E-state index in [4.69, 9.17) is 18.9 Å². The maximum Gasteiger partial charge on any atom is 0.311 e. The van der Waals surface area contributed by atoms with Crippen molar-refractivity contribution < 1.29 is 28.7 Å². The highest BCUT2D eigenvalue weighted by Crippen LogP contribution is 2.41. The lowest BCUT2D eigenvalue weighted by Gasteiger charge is -2.17. The first-order valence-corrected chi connectivity index (χ1v) is 7.58. The zero-order valence-electron chi connectivity index (χ0n) is 14.8. The molecule has 0 saturated heterocycles. The molecular weight excluding hydrogens is 342 g/mol. The Morgan fingerprint density at radius 2 is 1.46 bits per heavy atom. The summed E-state index contributed by atoms with van der Waals surface area (Å²) in [5, 5.41) is 11.2. The average Bonchev–Trinajstić information content (AvgIpc) is 2.67. The minimum atomic E-state index is -0.756. The van der Waals surface area contributed by atoms with E-state index in [-0.39, 0.29) is 11.4 Å². The maximum atomic E-state index is 11.8. The monoisotopic (exact) mass is 361 g/mol. The molecule has 2 rings (SSSR count). The molecule has 2 aromatic carbocycles. The number of ether oxygens (including phenoxy) is 4. The standard InChI is InChI=1S/C18H19NO7/c1-23-15-6-5-11(7-14(15)19(21)22)13(10-20)12-8-16(24-2)18(26-4)17(9-12)25-3/h5-10,13H,1-4H3. The number of methoxy groups -OCH3 is 4. The molecule has 26 heavy (non-hydrogen) atoms. The number of hydrogen-bond donors (Lipinski definition) is 0. The van der Waals surface area contributed by atoms with Crippen LogP contribution in [0.3, 0.4) is 0 Å². The Kier molecular flexibility index (Phi) is 6.00. The number of nitro groups is 1. The summed E-state index contributed by atoms with van der Waals surface area (Å²) in [5.41, 5.74) is 0.778. The van der Waals surface area contributed by atoms with Crippen molar-refractivity contribution >= 4 is 12.0 Å². The Balaban J connectivity index is 2.60. The average molecular weight is 361 g/mol. The van der Waals surface area contributed by atoms with Crippen LogP contribution in [0, 0.1) is 10.1 Å². The summed E-state index contributed by atoms with van der Waals surface area (Å²) in [7, 11) is 5.76. The molecule has 2 aromatic rings. The van der Waals surface area contributed by atoms with Gasteiger partial charge in [0.05, 0.1) is 39.3 Å². The molecule has 8 heteroatoms. The van der Waals surface area contributed by atoms with E-state index in [0.717, 1.165) is 0 Å². The molecule has 0 bridgehead atoms. The van der Waals surface area contributed by atoms with E-state index in [1.807, 2.05) is 0 Å². The maximum absolute atomic E-state index is 11.8. The van der Waals surface area contributed by atoms with Crippen LogP contribution < -0.4 is 18.9 Å². The fourth-order valence-corrected chi connectivity index (χ4v) is 2.67. The van der Waals surface area contributed by atoms with Gasteiger partial charge in [0.1, 0.15) is 6.29 Å². The van der Waals surface area contributed by atoms with Crippen LogP contribution in [0.1, 0.15) is 17.0 Å². The second kappa shape index (κ2) is 8.19. The molecule has 0 heterocycles. The van der Waals surface area contributed by atoms with Crippen molar-refractivity contribution in [3.05, 3.63) is 51.6 Å². The van der Waals surface area contributed by atoms with E-state index in [0.29, 0.717) is 34.7 Å². The highest BCUT2D eigenvalue weighted by Gasteiger charge is 2.23. The number of nitrogens with zero attached hydrogens (tertiary/aromatic N) is 1. The van der Waals surface area contributed by atoms with Crippen LogP contribution in [0.5, 0.6) is 23.0 Å². The van der Waals surface area contributed by atoms with Gasteiger partial charge in [0.2, 0.25) is 5.75 Å². The lowest BCUT2D eigenvalue weighted by molar-refractivity contribution is -0.385. The zero-order chi connectivity index (χ0) is 19.3. The third-order valence-corrected chi connectivity index (χ3v) is 3.94. The minimum Gasteiger partial charge on any atom is -0.493 e. The van der Waals surface area contributed by atoms with Crippen LogP contribution in [0.2, 0.25) is 0 Å². The van der Waals surface area contributed by atoms with Crippen LogP contribution in [0.25, 0.3) is 0 Å². The quantitative estimate of drug-likeness (QED) is 0.405. The second-order valence-electron chi connectivity index (χ2n) is 5.26. The molecule has 0 aliphatic rings. The Labute approximate surface area is 150 Å². The van der Waals surface area contributed by atoms with Gasteiger partial charge in [-0.05, 0) is 29.3 Å². The summed E-state index contributed by atoms with van der Waals surface area (Å²) in [6.07, 6.45) is 0.701. The number of nitro benzene ring substituents is 1. The van der Waals surface area contributed by atoms with Crippen molar-refractivity contribution in [3.63, 3.8) is 0 Å². The molecule has 0 fully saturated rings. The van der Waals surface area contributed by atoms with Crippen molar-refractivity contribution in [1.82, 2.24) is 0 Å². The van der Waals surface area contributed by atoms with Crippen LogP contribution in [0.15, 0.2) is 30.3 Å². The highest BCUT2D eigenvalue weighted by molar-refractivity contribution is 5.71. The van der Waals surface area contributed by atoms with E-state index in [2.05, 4.69) is 0 Å². The predicted molar refractivity (Wildman–Crippen MR) is 93.7 cm³/mol. The van der Waals surface area contributed by atoms with Gasteiger partial charge < -0.3 is 23.7 Å². The van der Waals surface area contributed by atoms with E-state index < -0.39 is 10.8 Å². The zero-order valence-corrected chi connectivity index (χ0v) is 14.8. The van der Waals surface area contributed by atoms with Crippen LogP contribution in [-0.4, -0.2) is 39.6 Å². The largest absolute Gasteiger partial charge is 0.493 e. The topological polar surface area (TPSA) is 97.1 Å². The van der Waals surface area contributed by atoms with Crippen LogP contribution in [0.4, 0.5) is 5.69 Å². The van der Waals surface area contributed by atoms with Crippen molar-refractivity contribution in [2.24, 2.45) is 0 Å². The molecule has 0 N–H and O–H groups in total. The summed E-state index contributed by atoms with van der Waals surface area (Å²) in [6.45, 7) is 0. The number of carbonyl (C=O) groups is 1. The SMILES string of the molecule is COc1ccc(C(C=O)c2cc(OC)c(OC)c(OC)c2)cc1[N+](=O)[O-]. The van der Waals surface area contributed by atoms with Crippen molar-refractivity contribution in [2.45, 2.75) is 5.92 Å². The van der Waals surface area contributed by atoms with Gasteiger partial charge in [-0.15, -0.1) is 0 Å². The molecule has 0 aliphatic carbocycles. The number of aldehydes is 1. The predicted octanol–water partition coefficient (Wildman–Crippen LogP) is 2.96. The van der Waals surface area contributed by atoms with Gasteiger partial charge in [0, 0.05) is 6.07 Å². The number of hydrogen-bond acceptors (Lipinski definition) is 7. The lowest BCUT2D eigenvalue weighted by atomic mass is 9.91.